The molecule has 0 spiro atoms. The van der Waals surface area contributed by atoms with Gasteiger partial charge in [-0.3, -0.25) is 9.59 Å². The molecule has 0 aliphatic carbocycles. The van der Waals surface area contributed by atoms with Gasteiger partial charge in [-0.05, 0) is 26.7 Å². The van der Waals surface area contributed by atoms with Crippen LogP contribution in [0.4, 0.5) is 0 Å². The summed E-state index contributed by atoms with van der Waals surface area (Å²) in [5.74, 6) is -0.907. The first-order valence-electron chi connectivity index (χ1n) is 6.64. The zero-order valence-electron chi connectivity index (χ0n) is 13.3. The average molecular weight is 308 g/mol. The summed E-state index contributed by atoms with van der Waals surface area (Å²) in [7, 11) is 2.51. The van der Waals surface area contributed by atoms with Gasteiger partial charge in [0.05, 0.1) is 26.4 Å². The topological polar surface area (TPSA) is 125 Å². The number of azo groups is 1. The predicted molar refractivity (Wildman–Crippen MR) is 75.4 cm³/mol. The van der Waals surface area contributed by atoms with Crippen molar-refractivity contribution in [2.45, 2.75) is 50.6 Å². The van der Waals surface area contributed by atoms with Gasteiger partial charge >= 0.3 is 11.9 Å². The fraction of sp³-hybridized carbons (Fsp3) is 0.714. The first kappa shape index (κ1) is 19.5. The Morgan fingerprint density at radius 2 is 1.23 bits per heavy atom. The lowest BCUT2D eigenvalue weighted by Crippen LogP contribution is -2.25. The van der Waals surface area contributed by atoms with Crippen LogP contribution in [0.5, 0.6) is 0 Å². The standard InChI is InChI=1S/C14H20N4O4/c1-13(9-15,7-5-11(19)21-3)17-18-14(2,10-16)8-6-12(20)22-4/h5-8H2,1-4H3/b18-17+. The van der Waals surface area contributed by atoms with Crippen molar-refractivity contribution in [2.75, 3.05) is 14.2 Å². The molecule has 22 heavy (non-hydrogen) atoms. The number of hydrogen-bond donors (Lipinski definition) is 0. The fourth-order valence-electron chi connectivity index (χ4n) is 1.37. The summed E-state index contributed by atoms with van der Waals surface area (Å²) >= 11 is 0. The molecule has 2 atom stereocenters. The van der Waals surface area contributed by atoms with Crippen molar-refractivity contribution in [1.82, 2.24) is 0 Å². The highest BCUT2D eigenvalue weighted by Gasteiger charge is 2.29. The lowest BCUT2D eigenvalue weighted by Gasteiger charge is -2.18. The van der Waals surface area contributed by atoms with E-state index in [-0.39, 0.29) is 25.7 Å². The van der Waals surface area contributed by atoms with Crippen molar-refractivity contribution in [3.63, 3.8) is 0 Å². The Kier molecular flexibility index (Phi) is 7.74. The molecule has 0 bridgehead atoms. The van der Waals surface area contributed by atoms with Crippen LogP contribution in [0.2, 0.25) is 0 Å². The molecule has 0 saturated carbocycles. The van der Waals surface area contributed by atoms with Crippen LogP contribution in [0.25, 0.3) is 0 Å². The van der Waals surface area contributed by atoms with E-state index in [1.54, 1.807) is 0 Å². The van der Waals surface area contributed by atoms with E-state index < -0.39 is 23.0 Å². The zero-order chi connectivity index (χ0) is 17.2. The summed E-state index contributed by atoms with van der Waals surface area (Å²) in [5, 5.41) is 26.2. The number of esters is 2. The van der Waals surface area contributed by atoms with Gasteiger partial charge in [0.15, 0.2) is 11.1 Å². The molecule has 120 valence electrons. The zero-order valence-corrected chi connectivity index (χ0v) is 13.3. The van der Waals surface area contributed by atoms with Crippen LogP contribution in [0.3, 0.4) is 0 Å². The van der Waals surface area contributed by atoms with Gasteiger partial charge in [-0.1, -0.05) is 0 Å². The van der Waals surface area contributed by atoms with Gasteiger partial charge in [0, 0.05) is 12.8 Å². The van der Waals surface area contributed by atoms with E-state index in [2.05, 4.69) is 19.7 Å². The van der Waals surface area contributed by atoms with E-state index in [0.717, 1.165) is 0 Å². The van der Waals surface area contributed by atoms with E-state index in [0.29, 0.717) is 0 Å². The lowest BCUT2D eigenvalue weighted by molar-refractivity contribution is -0.141. The molecular weight excluding hydrogens is 288 g/mol. The van der Waals surface area contributed by atoms with Crippen LogP contribution in [-0.4, -0.2) is 37.2 Å². The van der Waals surface area contributed by atoms with Gasteiger partial charge in [-0.25, -0.2) is 0 Å². The monoisotopic (exact) mass is 308 g/mol. The Labute approximate surface area is 129 Å². The number of methoxy groups -OCH3 is 2. The smallest absolute Gasteiger partial charge is 0.305 e. The van der Waals surface area contributed by atoms with Crippen LogP contribution in [-0.2, 0) is 19.1 Å². The molecular formula is C14H20N4O4. The number of nitrogens with zero attached hydrogens (tertiary/aromatic N) is 4. The maximum absolute atomic E-state index is 11.1. The summed E-state index contributed by atoms with van der Waals surface area (Å²) < 4.78 is 9.02. The molecule has 0 rings (SSSR count). The molecule has 2 unspecified atom stereocenters. The SMILES string of the molecule is COC(=O)CCC(C)(C#N)/N=N/C(C)(C#N)CCC(=O)OC. The molecule has 0 aliphatic heterocycles. The van der Waals surface area contributed by atoms with E-state index in [9.17, 15) is 20.1 Å². The van der Waals surface area contributed by atoms with E-state index in [4.69, 9.17) is 0 Å². The molecule has 0 aromatic rings. The Hall–Kier alpha value is -2.48. The normalized spacial score (nSPS) is 15.9. The summed E-state index contributed by atoms with van der Waals surface area (Å²) in [4.78, 5) is 22.3. The van der Waals surface area contributed by atoms with E-state index in [1.807, 2.05) is 12.1 Å². The largest absolute Gasteiger partial charge is 0.469 e. The molecule has 0 amide bonds. The number of carbonyl (C=O) groups is 2. The van der Waals surface area contributed by atoms with Gasteiger partial charge in [-0.2, -0.15) is 20.8 Å². The maximum atomic E-state index is 11.1. The third-order valence-electron chi connectivity index (χ3n) is 3.06. The Morgan fingerprint density at radius 1 is 0.909 bits per heavy atom. The summed E-state index contributed by atoms with van der Waals surface area (Å²) in [6.45, 7) is 3.02. The van der Waals surface area contributed by atoms with Gasteiger partial charge < -0.3 is 9.47 Å². The summed E-state index contributed by atoms with van der Waals surface area (Å²) in [6.07, 6.45) is 0.284. The van der Waals surface area contributed by atoms with Crippen LogP contribution in [0.15, 0.2) is 10.2 Å². The van der Waals surface area contributed by atoms with Crippen molar-refractivity contribution in [3.05, 3.63) is 0 Å². The van der Waals surface area contributed by atoms with Crippen LogP contribution in [0, 0.1) is 22.7 Å². The third-order valence-corrected chi connectivity index (χ3v) is 3.06. The van der Waals surface area contributed by atoms with E-state index >= 15 is 0 Å². The minimum absolute atomic E-state index is 0.0189. The molecule has 0 fully saturated rings. The second-order valence-corrected chi connectivity index (χ2v) is 5.12. The Balaban J connectivity index is 4.91. The van der Waals surface area contributed by atoms with Gasteiger partial charge in [0.1, 0.15) is 0 Å². The minimum Gasteiger partial charge on any atom is -0.469 e. The minimum atomic E-state index is -1.24. The Morgan fingerprint density at radius 3 is 1.45 bits per heavy atom. The quantitative estimate of drug-likeness (QED) is 0.498. The van der Waals surface area contributed by atoms with E-state index in [1.165, 1.54) is 28.1 Å². The fourth-order valence-corrected chi connectivity index (χ4v) is 1.37. The molecule has 0 heterocycles. The highest BCUT2D eigenvalue weighted by Crippen LogP contribution is 2.23. The molecule has 0 aromatic heterocycles. The van der Waals surface area contributed by atoms with Crippen LogP contribution >= 0.6 is 0 Å². The first-order valence-corrected chi connectivity index (χ1v) is 6.64. The lowest BCUT2D eigenvalue weighted by atomic mass is 9.97. The average Bonchev–Trinajstić information content (AvgIpc) is 2.55. The highest BCUT2D eigenvalue weighted by atomic mass is 16.5. The van der Waals surface area contributed by atoms with Crippen molar-refractivity contribution in [2.24, 2.45) is 10.2 Å². The molecule has 0 saturated heterocycles. The summed E-state index contributed by atoms with van der Waals surface area (Å²) in [5.41, 5.74) is -2.48. The first-order chi connectivity index (χ1) is 10.2. The molecule has 0 aromatic carbocycles. The predicted octanol–water partition coefficient (Wildman–Crippen LogP) is 1.91. The van der Waals surface area contributed by atoms with Crippen molar-refractivity contribution in [3.8, 4) is 12.1 Å². The summed E-state index contributed by atoms with van der Waals surface area (Å²) in [6, 6.07) is 3.92. The molecule has 0 aliphatic rings. The number of hydrogen-bond acceptors (Lipinski definition) is 8. The molecule has 8 nitrogen and oxygen atoms in total. The second-order valence-electron chi connectivity index (χ2n) is 5.12. The van der Waals surface area contributed by atoms with Gasteiger partial charge in [0.2, 0.25) is 0 Å². The highest BCUT2D eigenvalue weighted by molar-refractivity contribution is 5.69. The van der Waals surface area contributed by atoms with Gasteiger partial charge in [-0.15, -0.1) is 0 Å². The number of carbonyl (C=O) groups excluding carboxylic acids is 2. The third kappa shape index (κ3) is 6.80. The second kappa shape index (κ2) is 8.73. The van der Waals surface area contributed by atoms with Crippen LogP contribution in [0.1, 0.15) is 39.5 Å². The van der Waals surface area contributed by atoms with Gasteiger partial charge in [0.25, 0.3) is 0 Å². The number of rotatable bonds is 8. The van der Waals surface area contributed by atoms with Crippen molar-refractivity contribution in [1.29, 1.82) is 10.5 Å². The number of ether oxygens (including phenoxy) is 2. The molecule has 8 heteroatoms. The molecule has 0 N–H and O–H groups in total. The van der Waals surface area contributed by atoms with Crippen molar-refractivity contribution >= 4 is 11.9 Å². The van der Waals surface area contributed by atoms with Crippen LogP contribution < -0.4 is 0 Å². The number of nitriles is 2. The molecule has 0 radical (unpaired) electrons. The maximum Gasteiger partial charge on any atom is 0.305 e. The van der Waals surface area contributed by atoms with Crippen molar-refractivity contribution < 1.29 is 19.1 Å². The Bertz CT molecular complexity index is 474.